The van der Waals surface area contributed by atoms with Crippen molar-refractivity contribution in [1.29, 1.82) is 0 Å². The highest BCUT2D eigenvalue weighted by Crippen LogP contribution is 2.23. The first kappa shape index (κ1) is 14.1. The lowest BCUT2D eigenvalue weighted by molar-refractivity contribution is -0.120. The molecule has 5 heteroatoms. The molecule has 0 bridgehead atoms. The molecule has 1 aliphatic rings. The van der Waals surface area contributed by atoms with Gasteiger partial charge >= 0.3 is 0 Å². The number of aliphatic hydroxyl groups is 1. The molecule has 1 heterocycles. The van der Waals surface area contributed by atoms with E-state index in [1.54, 1.807) is 0 Å². The number of para-hydroxylation sites is 1. The van der Waals surface area contributed by atoms with Crippen LogP contribution in [0.2, 0.25) is 0 Å². The second kappa shape index (κ2) is 6.26. The molecule has 0 saturated heterocycles. The number of hydrogen-bond acceptors (Lipinski definition) is 4. The van der Waals surface area contributed by atoms with Gasteiger partial charge in [0.15, 0.2) is 5.58 Å². The summed E-state index contributed by atoms with van der Waals surface area (Å²) in [6, 6.07) is 7.52. The van der Waals surface area contributed by atoms with Crippen LogP contribution >= 0.6 is 0 Å². The zero-order valence-electron chi connectivity index (χ0n) is 11.9. The summed E-state index contributed by atoms with van der Waals surface area (Å²) in [6.07, 6.45) is 3.96. The Bertz CT molecular complexity index is 623. The van der Waals surface area contributed by atoms with Crippen LogP contribution in [-0.4, -0.2) is 28.8 Å². The van der Waals surface area contributed by atoms with Crippen LogP contribution in [0.15, 0.2) is 28.8 Å². The summed E-state index contributed by atoms with van der Waals surface area (Å²) >= 11 is 0. The number of nitrogens with zero attached hydrogens (tertiary/aromatic N) is 1. The van der Waals surface area contributed by atoms with Crippen molar-refractivity contribution >= 4 is 16.9 Å². The minimum atomic E-state index is -0.285. The summed E-state index contributed by atoms with van der Waals surface area (Å²) in [5.74, 6) is 0.101. The molecule has 0 radical (unpaired) electrons. The van der Waals surface area contributed by atoms with Crippen LogP contribution in [0.4, 0.5) is 0 Å². The second-order valence-electron chi connectivity index (χ2n) is 5.72. The van der Waals surface area contributed by atoms with Crippen molar-refractivity contribution in [3.8, 4) is 0 Å². The third-order valence-corrected chi connectivity index (χ3v) is 4.21. The number of nitrogens with one attached hydrogen (secondary N) is 1. The van der Waals surface area contributed by atoms with E-state index >= 15 is 0 Å². The Balaban J connectivity index is 1.56. The fourth-order valence-electron chi connectivity index (χ4n) is 2.95. The van der Waals surface area contributed by atoms with Crippen molar-refractivity contribution in [1.82, 2.24) is 10.5 Å². The fraction of sp³-hybridized carbons (Fsp3) is 0.500. The van der Waals surface area contributed by atoms with Crippen molar-refractivity contribution in [3.05, 3.63) is 30.0 Å². The number of aromatic nitrogens is 1. The van der Waals surface area contributed by atoms with Gasteiger partial charge in [0.05, 0.1) is 12.5 Å². The first-order valence-corrected chi connectivity index (χ1v) is 7.52. The largest absolute Gasteiger partial charge is 0.393 e. The molecule has 2 unspecified atom stereocenters. The number of carbonyl (C=O) groups excluding carboxylic acids is 1. The first-order valence-electron chi connectivity index (χ1n) is 7.52. The molecule has 112 valence electrons. The van der Waals surface area contributed by atoms with Crippen LogP contribution in [-0.2, 0) is 11.2 Å². The predicted molar refractivity (Wildman–Crippen MR) is 78.7 cm³/mol. The Labute approximate surface area is 123 Å². The number of amides is 1. The Kier molecular flexibility index (Phi) is 4.20. The maximum Gasteiger partial charge on any atom is 0.226 e. The molecule has 2 atom stereocenters. The Morgan fingerprint density at radius 1 is 1.33 bits per heavy atom. The molecule has 5 nitrogen and oxygen atoms in total. The maximum absolute atomic E-state index is 12.0. The van der Waals surface area contributed by atoms with Gasteiger partial charge in [-0.3, -0.25) is 4.79 Å². The molecule has 1 aromatic carbocycles. The summed E-state index contributed by atoms with van der Waals surface area (Å²) in [5, 5.41) is 17.6. The van der Waals surface area contributed by atoms with Crippen LogP contribution in [0, 0.1) is 5.92 Å². The molecule has 1 amide bonds. The summed E-state index contributed by atoms with van der Waals surface area (Å²) in [4.78, 5) is 12.0. The third-order valence-electron chi connectivity index (χ3n) is 4.21. The highest BCUT2D eigenvalue weighted by atomic mass is 16.5. The predicted octanol–water partition coefficient (Wildman–Crippen LogP) is 2.04. The number of benzene rings is 1. The molecular formula is C16H20N2O3. The van der Waals surface area contributed by atoms with Gasteiger partial charge in [-0.2, -0.15) is 0 Å². The number of aliphatic hydroxyl groups excluding tert-OH is 1. The van der Waals surface area contributed by atoms with Crippen LogP contribution < -0.4 is 5.32 Å². The molecule has 1 saturated carbocycles. The van der Waals surface area contributed by atoms with E-state index < -0.39 is 0 Å². The Morgan fingerprint density at radius 2 is 2.14 bits per heavy atom. The van der Waals surface area contributed by atoms with Gasteiger partial charge in [-0.05, 0) is 25.0 Å². The monoisotopic (exact) mass is 288 g/mol. The van der Waals surface area contributed by atoms with Crippen molar-refractivity contribution in [2.75, 3.05) is 6.54 Å². The van der Waals surface area contributed by atoms with Crippen molar-refractivity contribution in [2.24, 2.45) is 5.92 Å². The number of carbonyl (C=O) groups is 1. The highest BCUT2D eigenvalue weighted by Gasteiger charge is 2.23. The van der Waals surface area contributed by atoms with Crippen LogP contribution in [0.1, 0.15) is 31.4 Å². The third kappa shape index (κ3) is 3.24. The lowest BCUT2D eigenvalue weighted by atomic mass is 9.86. The van der Waals surface area contributed by atoms with Gasteiger partial charge in [-0.25, -0.2) is 0 Å². The standard InChI is InChI=1S/C16H20N2O3/c19-14-7-3-1-5-11(14)10-17-16(20)9-13-12-6-2-4-8-15(12)21-18-13/h2,4,6,8,11,14,19H,1,3,5,7,9-10H2,(H,17,20). The van der Waals surface area contributed by atoms with E-state index in [4.69, 9.17) is 4.52 Å². The minimum absolute atomic E-state index is 0.0770. The SMILES string of the molecule is O=C(Cc1noc2ccccc12)NCC1CCCCC1O. The Hall–Kier alpha value is -1.88. The minimum Gasteiger partial charge on any atom is -0.393 e. The summed E-state index contributed by atoms with van der Waals surface area (Å²) in [5.41, 5.74) is 1.36. The van der Waals surface area contributed by atoms with Crippen LogP contribution in [0.3, 0.4) is 0 Å². The van der Waals surface area contributed by atoms with E-state index in [1.807, 2.05) is 24.3 Å². The average Bonchev–Trinajstić information content (AvgIpc) is 2.90. The van der Waals surface area contributed by atoms with Gasteiger partial charge in [-0.1, -0.05) is 30.1 Å². The van der Waals surface area contributed by atoms with Crippen LogP contribution in [0.5, 0.6) is 0 Å². The van der Waals surface area contributed by atoms with Gasteiger partial charge < -0.3 is 14.9 Å². The van der Waals surface area contributed by atoms with Crippen molar-refractivity contribution in [3.63, 3.8) is 0 Å². The highest BCUT2D eigenvalue weighted by molar-refractivity contribution is 5.86. The van der Waals surface area contributed by atoms with Gasteiger partial charge in [0.2, 0.25) is 5.91 Å². The van der Waals surface area contributed by atoms with Gasteiger partial charge in [0.1, 0.15) is 5.69 Å². The summed E-state index contributed by atoms with van der Waals surface area (Å²) in [7, 11) is 0. The van der Waals surface area contributed by atoms with E-state index in [0.717, 1.165) is 31.1 Å². The first-order chi connectivity index (χ1) is 10.2. The quantitative estimate of drug-likeness (QED) is 0.902. The summed E-state index contributed by atoms with van der Waals surface area (Å²) in [6.45, 7) is 0.537. The fourth-order valence-corrected chi connectivity index (χ4v) is 2.95. The van der Waals surface area contributed by atoms with E-state index in [1.165, 1.54) is 0 Å². The number of hydrogen-bond donors (Lipinski definition) is 2. The number of rotatable bonds is 4. The lowest BCUT2D eigenvalue weighted by Gasteiger charge is -2.27. The van der Waals surface area contributed by atoms with E-state index in [-0.39, 0.29) is 24.3 Å². The smallest absolute Gasteiger partial charge is 0.226 e. The molecular weight excluding hydrogens is 268 g/mol. The zero-order valence-corrected chi connectivity index (χ0v) is 11.9. The molecule has 3 rings (SSSR count). The van der Waals surface area contributed by atoms with Gasteiger partial charge in [0, 0.05) is 17.8 Å². The van der Waals surface area contributed by atoms with Gasteiger partial charge in [-0.15, -0.1) is 0 Å². The molecule has 0 spiro atoms. The van der Waals surface area contributed by atoms with Crippen molar-refractivity contribution in [2.45, 2.75) is 38.2 Å². The molecule has 1 aromatic heterocycles. The lowest BCUT2D eigenvalue weighted by Crippen LogP contribution is -2.37. The summed E-state index contributed by atoms with van der Waals surface area (Å²) < 4.78 is 5.19. The molecule has 1 aliphatic carbocycles. The van der Waals surface area contributed by atoms with E-state index in [9.17, 15) is 9.90 Å². The normalized spacial score (nSPS) is 22.3. The second-order valence-corrected chi connectivity index (χ2v) is 5.72. The zero-order chi connectivity index (χ0) is 14.7. The molecule has 1 fully saturated rings. The molecule has 21 heavy (non-hydrogen) atoms. The molecule has 2 N–H and O–H groups in total. The van der Waals surface area contributed by atoms with E-state index in [2.05, 4.69) is 10.5 Å². The van der Waals surface area contributed by atoms with Crippen molar-refractivity contribution < 1.29 is 14.4 Å². The molecule has 2 aromatic rings. The topological polar surface area (TPSA) is 75.4 Å². The molecule has 0 aliphatic heterocycles. The van der Waals surface area contributed by atoms with Crippen LogP contribution in [0.25, 0.3) is 11.0 Å². The van der Waals surface area contributed by atoms with E-state index in [0.29, 0.717) is 17.8 Å². The average molecular weight is 288 g/mol. The van der Waals surface area contributed by atoms with Gasteiger partial charge in [0.25, 0.3) is 0 Å². The Morgan fingerprint density at radius 3 is 3.00 bits per heavy atom. The number of fused-ring (bicyclic) bond motifs is 1. The maximum atomic E-state index is 12.0.